The summed E-state index contributed by atoms with van der Waals surface area (Å²) < 4.78 is 5.08. The maximum Gasteiger partial charge on any atom is 0.310 e. The van der Waals surface area contributed by atoms with Crippen LogP contribution in [0.5, 0.6) is 0 Å². The van der Waals surface area contributed by atoms with Crippen LogP contribution in [-0.4, -0.2) is 80.6 Å². The van der Waals surface area contributed by atoms with Gasteiger partial charge in [-0.2, -0.15) is 0 Å². The third-order valence-corrected chi connectivity index (χ3v) is 10.6. The van der Waals surface area contributed by atoms with Gasteiger partial charge >= 0.3 is 5.97 Å². The quantitative estimate of drug-likeness (QED) is 0.183. The largest absolute Gasteiger partial charge is 0.465 e. The van der Waals surface area contributed by atoms with E-state index in [9.17, 15) is 14.4 Å². The number of hydrogen-bond acceptors (Lipinski definition) is 6. The molecule has 0 aliphatic carbocycles. The predicted octanol–water partition coefficient (Wildman–Crippen LogP) is 4.59. The number of fused-ring (bicyclic) bond motifs is 1. The Morgan fingerprint density at radius 1 is 1.16 bits per heavy atom. The van der Waals surface area contributed by atoms with Crippen LogP contribution < -0.4 is 0 Å². The molecule has 3 heterocycles. The normalized spacial score (nSPS) is 29.9. The Morgan fingerprint density at radius 3 is 2.50 bits per heavy atom. The third kappa shape index (κ3) is 5.86. The summed E-state index contributed by atoms with van der Waals surface area (Å²) in [5.41, 5.74) is -0.440. The number of esters is 1. The van der Waals surface area contributed by atoms with E-state index >= 15 is 0 Å². The molecule has 2 bridgehead atoms. The molecule has 3 fully saturated rings. The van der Waals surface area contributed by atoms with Gasteiger partial charge in [0.05, 0.1) is 23.2 Å². The highest BCUT2D eigenvalue weighted by atomic mass is 32.2. The highest BCUT2D eigenvalue weighted by molar-refractivity contribution is 8.02. The fraction of sp³-hybridized carbons (Fsp3) is 0.767. The molecule has 0 aromatic rings. The summed E-state index contributed by atoms with van der Waals surface area (Å²) in [6.45, 7) is 17.2. The fourth-order valence-corrected chi connectivity index (χ4v) is 9.09. The molecule has 6 atom stereocenters. The molecule has 3 aliphatic rings. The van der Waals surface area contributed by atoms with E-state index in [1.165, 1.54) is 0 Å². The van der Waals surface area contributed by atoms with Crippen LogP contribution in [-0.2, 0) is 19.1 Å². The first-order valence-electron chi connectivity index (χ1n) is 14.3. The van der Waals surface area contributed by atoms with E-state index in [1.807, 2.05) is 31.7 Å². The molecular formula is C30H48N2O5S. The van der Waals surface area contributed by atoms with Gasteiger partial charge < -0.3 is 19.6 Å². The van der Waals surface area contributed by atoms with Crippen LogP contribution in [0.15, 0.2) is 25.3 Å². The number of ether oxygens (including phenoxy) is 1. The highest BCUT2D eigenvalue weighted by Gasteiger charge is 2.76. The first kappa shape index (κ1) is 30.7. The van der Waals surface area contributed by atoms with Gasteiger partial charge in [0.25, 0.3) is 0 Å². The lowest BCUT2D eigenvalue weighted by molar-refractivity contribution is -0.154. The van der Waals surface area contributed by atoms with Crippen molar-refractivity contribution in [1.82, 2.24) is 9.80 Å². The average molecular weight is 549 g/mol. The topological polar surface area (TPSA) is 87.2 Å². The molecule has 0 aromatic carbocycles. The van der Waals surface area contributed by atoms with Crippen molar-refractivity contribution in [2.24, 2.45) is 17.8 Å². The minimum absolute atomic E-state index is 0.0101. The summed E-state index contributed by atoms with van der Waals surface area (Å²) in [7, 11) is 0. The molecule has 0 radical (unpaired) electrons. The summed E-state index contributed by atoms with van der Waals surface area (Å²) in [5.74, 6) is -1.35. The van der Waals surface area contributed by atoms with Gasteiger partial charge in [-0.05, 0) is 65.2 Å². The minimum Gasteiger partial charge on any atom is -0.465 e. The van der Waals surface area contributed by atoms with E-state index in [2.05, 4.69) is 20.1 Å². The van der Waals surface area contributed by atoms with Gasteiger partial charge in [0, 0.05) is 30.5 Å². The number of carbonyl (C=O) groups excluding carboxylic acids is 3. The van der Waals surface area contributed by atoms with E-state index in [0.717, 1.165) is 51.4 Å². The van der Waals surface area contributed by atoms with Crippen LogP contribution in [0.3, 0.4) is 0 Å². The standard InChI is InChI=1S/C30H48N2O5S/c1-7-9-10-15-19-37-28(36)23-22-20-21(3)30(38-22)24(23)26(34)31(17-13-11-12-14-18-33)25(30)27(35)32(16-8-2)29(4,5)6/h7-8,21-25,33H,1-2,9-20H2,3-6H3/t21?,22-,23+,24-,25?,30?/m0/s1. The zero-order valence-corrected chi connectivity index (χ0v) is 24.6. The number of nitrogens with zero attached hydrogens (tertiary/aromatic N) is 2. The Hall–Kier alpha value is -1.80. The number of unbranched alkanes of at least 4 members (excludes halogenated alkanes) is 5. The smallest absolute Gasteiger partial charge is 0.310 e. The molecule has 8 heteroatoms. The number of amides is 2. The van der Waals surface area contributed by atoms with Crippen LogP contribution >= 0.6 is 11.8 Å². The van der Waals surface area contributed by atoms with Crippen LogP contribution in [0.1, 0.15) is 79.1 Å². The van der Waals surface area contributed by atoms with Crippen LogP contribution in [0, 0.1) is 17.8 Å². The van der Waals surface area contributed by atoms with E-state index in [-0.39, 0.29) is 35.6 Å². The van der Waals surface area contributed by atoms with Crippen molar-refractivity contribution in [2.45, 2.75) is 101 Å². The summed E-state index contributed by atoms with van der Waals surface area (Å²) in [6, 6.07) is -0.618. The van der Waals surface area contributed by atoms with Crippen LogP contribution in [0.4, 0.5) is 0 Å². The molecule has 0 saturated carbocycles. The molecular weight excluding hydrogens is 500 g/mol. The van der Waals surface area contributed by atoms with Crippen molar-refractivity contribution in [2.75, 3.05) is 26.3 Å². The molecule has 3 rings (SSSR count). The van der Waals surface area contributed by atoms with Crippen LogP contribution in [0.2, 0.25) is 0 Å². The average Bonchev–Trinajstić information content (AvgIpc) is 3.45. The molecule has 3 unspecified atom stereocenters. The maximum atomic E-state index is 14.4. The van der Waals surface area contributed by atoms with Crippen LogP contribution in [0.25, 0.3) is 0 Å². The number of aliphatic hydroxyl groups is 1. The predicted molar refractivity (Wildman–Crippen MR) is 153 cm³/mol. The molecule has 0 aromatic heterocycles. The SMILES string of the molecule is C=CCCCCOC(=O)[C@@H]1[C@@H]2CC(C)C3(S2)C(C(=O)N(CC=C)C(C)(C)C)N(CCCCCCO)C(=O)[C@H]13. The molecule has 1 N–H and O–H groups in total. The third-order valence-electron chi connectivity index (χ3n) is 8.49. The second kappa shape index (κ2) is 13.0. The van der Waals surface area contributed by atoms with Crippen molar-refractivity contribution in [1.29, 1.82) is 0 Å². The Bertz CT molecular complexity index is 886. The second-order valence-electron chi connectivity index (χ2n) is 12.1. The van der Waals surface area contributed by atoms with Gasteiger partial charge in [-0.1, -0.05) is 31.9 Å². The summed E-state index contributed by atoms with van der Waals surface area (Å²) in [6.07, 6.45) is 10.2. The van der Waals surface area contributed by atoms with Crippen molar-refractivity contribution in [3.05, 3.63) is 25.3 Å². The number of rotatable bonds is 15. The Morgan fingerprint density at radius 2 is 1.87 bits per heavy atom. The number of carbonyl (C=O) groups is 3. The highest BCUT2D eigenvalue weighted by Crippen LogP contribution is 2.68. The van der Waals surface area contributed by atoms with Gasteiger partial charge in [-0.25, -0.2) is 0 Å². The monoisotopic (exact) mass is 548 g/mol. The summed E-state index contributed by atoms with van der Waals surface area (Å²) >= 11 is 1.70. The van der Waals surface area contributed by atoms with E-state index in [0.29, 0.717) is 19.7 Å². The van der Waals surface area contributed by atoms with Gasteiger partial charge in [0.2, 0.25) is 11.8 Å². The zero-order chi connectivity index (χ0) is 28.1. The molecule has 3 aliphatic heterocycles. The Kier molecular flexibility index (Phi) is 10.5. The van der Waals surface area contributed by atoms with Gasteiger partial charge in [-0.15, -0.1) is 24.9 Å². The van der Waals surface area contributed by atoms with Crippen molar-refractivity contribution in [3.63, 3.8) is 0 Å². The number of allylic oxidation sites excluding steroid dienone is 1. The number of hydrogen-bond donors (Lipinski definition) is 1. The second-order valence-corrected chi connectivity index (χ2v) is 13.6. The first-order chi connectivity index (χ1) is 18.1. The molecule has 7 nitrogen and oxygen atoms in total. The van der Waals surface area contributed by atoms with Crippen molar-refractivity contribution < 1.29 is 24.2 Å². The van der Waals surface area contributed by atoms with Gasteiger partial charge in [0.1, 0.15) is 6.04 Å². The first-order valence-corrected chi connectivity index (χ1v) is 15.2. The maximum absolute atomic E-state index is 14.4. The number of likely N-dealkylation sites (tertiary alicyclic amines) is 1. The number of thioether (sulfide) groups is 1. The van der Waals surface area contributed by atoms with Crippen molar-refractivity contribution in [3.8, 4) is 0 Å². The Labute approximate surface area is 233 Å². The number of aliphatic hydroxyl groups excluding tert-OH is 1. The van der Waals surface area contributed by atoms with Gasteiger partial charge in [0.15, 0.2) is 0 Å². The lowest BCUT2D eigenvalue weighted by atomic mass is 9.66. The van der Waals surface area contributed by atoms with Gasteiger partial charge in [-0.3, -0.25) is 14.4 Å². The van der Waals surface area contributed by atoms with E-state index in [4.69, 9.17) is 9.84 Å². The lowest BCUT2D eigenvalue weighted by Crippen LogP contribution is -2.60. The molecule has 3 saturated heterocycles. The van der Waals surface area contributed by atoms with Crippen molar-refractivity contribution >= 4 is 29.5 Å². The summed E-state index contributed by atoms with van der Waals surface area (Å²) in [5, 5.41) is 9.13. The Balaban J connectivity index is 1.92. The molecule has 1 spiro atoms. The summed E-state index contributed by atoms with van der Waals surface area (Å²) in [4.78, 5) is 45.6. The van der Waals surface area contributed by atoms with E-state index < -0.39 is 28.2 Å². The fourth-order valence-electron chi connectivity index (χ4n) is 6.69. The minimum atomic E-state index is -0.638. The lowest BCUT2D eigenvalue weighted by Gasteiger charge is -2.44. The molecule has 38 heavy (non-hydrogen) atoms. The van der Waals surface area contributed by atoms with E-state index in [1.54, 1.807) is 22.7 Å². The molecule has 2 amide bonds. The zero-order valence-electron chi connectivity index (χ0n) is 23.8. The molecule has 214 valence electrons.